The lowest BCUT2D eigenvalue weighted by molar-refractivity contribution is 0.251. The van der Waals surface area contributed by atoms with Crippen LogP contribution in [0.4, 0.5) is 14.5 Å². The first-order valence-electron chi connectivity index (χ1n) is 9.14. The van der Waals surface area contributed by atoms with Gasteiger partial charge in [0.15, 0.2) is 0 Å². The highest BCUT2D eigenvalue weighted by Crippen LogP contribution is 2.24. The fourth-order valence-electron chi connectivity index (χ4n) is 3.56. The van der Waals surface area contributed by atoms with Crippen molar-refractivity contribution in [1.29, 1.82) is 0 Å². The van der Waals surface area contributed by atoms with Crippen LogP contribution in [-0.2, 0) is 13.1 Å². The quantitative estimate of drug-likeness (QED) is 0.723. The van der Waals surface area contributed by atoms with Crippen LogP contribution in [0.15, 0.2) is 33.9 Å². The number of fused-ring (bicyclic) bond motifs is 1. The summed E-state index contributed by atoms with van der Waals surface area (Å²) >= 11 is 1.40. The number of piperazine rings is 1. The molecule has 0 atom stereocenters. The first kappa shape index (κ1) is 18.8. The zero-order valence-electron chi connectivity index (χ0n) is 15.4. The van der Waals surface area contributed by atoms with Gasteiger partial charge in [0.2, 0.25) is 0 Å². The van der Waals surface area contributed by atoms with Crippen molar-refractivity contribution < 1.29 is 8.78 Å². The number of nitrogens with one attached hydrogen (secondary N) is 1. The van der Waals surface area contributed by atoms with Crippen LogP contribution in [0.1, 0.15) is 11.8 Å². The van der Waals surface area contributed by atoms with E-state index in [0.29, 0.717) is 42.1 Å². The average molecular weight is 406 g/mol. The number of anilines is 1. The molecule has 4 rings (SSSR count). The molecule has 1 aliphatic heterocycles. The number of nitrogens with zero attached hydrogens (tertiary/aromatic N) is 3. The molecule has 148 valence electrons. The van der Waals surface area contributed by atoms with Crippen molar-refractivity contribution in [2.75, 3.05) is 31.1 Å². The lowest BCUT2D eigenvalue weighted by Crippen LogP contribution is -2.46. The van der Waals surface area contributed by atoms with Gasteiger partial charge in [-0.15, -0.1) is 11.3 Å². The Morgan fingerprint density at radius 3 is 2.54 bits per heavy atom. The lowest BCUT2D eigenvalue weighted by atomic mass is 10.2. The van der Waals surface area contributed by atoms with Gasteiger partial charge in [-0.1, -0.05) is 0 Å². The van der Waals surface area contributed by atoms with Gasteiger partial charge < -0.3 is 9.88 Å². The van der Waals surface area contributed by atoms with Gasteiger partial charge >= 0.3 is 5.69 Å². The van der Waals surface area contributed by atoms with Crippen LogP contribution in [0.5, 0.6) is 0 Å². The molecule has 2 aromatic heterocycles. The summed E-state index contributed by atoms with van der Waals surface area (Å²) in [5.41, 5.74) is 0.348. The highest BCUT2D eigenvalue weighted by Gasteiger charge is 2.21. The number of rotatable bonds is 4. The van der Waals surface area contributed by atoms with Crippen molar-refractivity contribution in [3.8, 4) is 0 Å². The van der Waals surface area contributed by atoms with Crippen molar-refractivity contribution in [2.24, 2.45) is 0 Å². The summed E-state index contributed by atoms with van der Waals surface area (Å²) in [5.74, 6) is -1.13. The molecule has 1 fully saturated rings. The molecule has 0 bridgehead atoms. The molecule has 0 aliphatic carbocycles. The zero-order valence-corrected chi connectivity index (χ0v) is 16.2. The van der Waals surface area contributed by atoms with Crippen LogP contribution in [0.2, 0.25) is 0 Å². The maximum atomic E-state index is 14.0. The molecule has 28 heavy (non-hydrogen) atoms. The highest BCUT2D eigenvalue weighted by molar-refractivity contribution is 7.18. The number of halogens is 2. The molecule has 0 amide bonds. The molecule has 0 unspecified atom stereocenters. The standard InChI is InChI=1S/C19H20F2N4O2S/c1-2-25-18(26)17-15(22-19(25)27)10-13(28-17)11-23-5-7-24(8-6-23)16-4-3-12(20)9-14(16)21/h3-4,9-10H,2,5-8,11H2,1H3,(H,22,27). The van der Waals surface area contributed by atoms with Crippen LogP contribution < -0.4 is 16.1 Å². The van der Waals surface area contributed by atoms with Crippen LogP contribution in [0, 0.1) is 11.6 Å². The van der Waals surface area contributed by atoms with E-state index < -0.39 is 11.6 Å². The molecular weight excluding hydrogens is 386 g/mol. The van der Waals surface area contributed by atoms with E-state index in [9.17, 15) is 18.4 Å². The van der Waals surface area contributed by atoms with E-state index in [2.05, 4.69) is 9.88 Å². The molecule has 3 aromatic rings. The van der Waals surface area contributed by atoms with E-state index in [0.717, 1.165) is 24.0 Å². The number of thiophene rings is 1. The summed E-state index contributed by atoms with van der Waals surface area (Å²) in [6.07, 6.45) is 0. The minimum absolute atomic E-state index is 0.255. The molecule has 1 saturated heterocycles. The average Bonchev–Trinajstić information content (AvgIpc) is 3.05. The fourth-order valence-corrected chi connectivity index (χ4v) is 4.66. The smallest absolute Gasteiger partial charge is 0.328 e. The topological polar surface area (TPSA) is 61.3 Å². The Bertz CT molecular complexity index is 1130. The molecule has 1 N–H and O–H groups in total. The Kier molecular flexibility index (Phi) is 5.03. The largest absolute Gasteiger partial charge is 0.367 e. The van der Waals surface area contributed by atoms with Crippen molar-refractivity contribution in [3.05, 3.63) is 61.6 Å². The third-order valence-corrected chi connectivity index (χ3v) is 6.14. The molecule has 9 heteroatoms. The predicted octanol–water partition coefficient (Wildman–Crippen LogP) is 2.37. The first-order valence-corrected chi connectivity index (χ1v) is 9.96. The van der Waals surface area contributed by atoms with Crippen molar-refractivity contribution >= 4 is 27.2 Å². The van der Waals surface area contributed by atoms with E-state index in [4.69, 9.17) is 0 Å². The number of H-pyrrole nitrogens is 1. The number of hydrogen-bond donors (Lipinski definition) is 1. The molecular formula is C19H20F2N4O2S. The number of hydrogen-bond acceptors (Lipinski definition) is 5. The van der Waals surface area contributed by atoms with Gasteiger partial charge in [-0.3, -0.25) is 14.3 Å². The number of aromatic nitrogens is 2. The Labute approximate surface area is 163 Å². The maximum Gasteiger partial charge on any atom is 0.328 e. The fraction of sp³-hybridized carbons (Fsp3) is 0.368. The first-order chi connectivity index (χ1) is 13.5. The number of aromatic amines is 1. The van der Waals surface area contributed by atoms with Gasteiger partial charge in [0, 0.05) is 50.2 Å². The van der Waals surface area contributed by atoms with Gasteiger partial charge in [-0.2, -0.15) is 0 Å². The monoisotopic (exact) mass is 406 g/mol. The van der Waals surface area contributed by atoms with Crippen LogP contribution in [-0.4, -0.2) is 40.6 Å². The van der Waals surface area contributed by atoms with Crippen LogP contribution >= 0.6 is 11.3 Å². The molecule has 1 aliphatic rings. The van der Waals surface area contributed by atoms with Crippen LogP contribution in [0.25, 0.3) is 10.2 Å². The minimum Gasteiger partial charge on any atom is -0.367 e. The molecule has 3 heterocycles. The van der Waals surface area contributed by atoms with Crippen molar-refractivity contribution in [3.63, 3.8) is 0 Å². The summed E-state index contributed by atoms with van der Waals surface area (Å²) in [4.78, 5) is 32.3. The predicted molar refractivity (Wildman–Crippen MR) is 106 cm³/mol. The van der Waals surface area contributed by atoms with Gasteiger partial charge in [-0.05, 0) is 25.1 Å². The van der Waals surface area contributed by atoms with Gasteiger partial charge in [0.25, 0.3) is 5.56 Å². The van der Waals surface area contributed by atoms with E-state index >= 15 is 0 Å². The zero-order chi connectivity index (χ0) is 19.8. The number of benzene rings is 1. The van der Waals surface area contributed by atoms with Gasteiger partial charge in [-0.25, -0.2) is 13.6 Å². The van der Waals surface area contributed by atoms with Crippen molar-refractivity contribution in [2.45, 2.75) is 20.0 Å². The Morgan fingerprint density at radius 2 is 1.86 bits per heavy atom. The molecule has 0 spiro atoms. The second-order valence-electron chi connectivity index (χ2n) is 6.79. The van der Waals surface area contributed by atoms with E-state index in [1.54, 1.807) is 6.92 Å². The Hall–Kier alpha value is -2.52. The normalized spacial score (nSPS) is 15.5. The van der Waals surface area contributed by atoms with Crippen LogP contribution in [0.3, 0.4) is 0 Å². The Balaban J connectivity index is 1.47. The second-order valence-corrected chi connectivity index (χ2v) is 7.93. The third-order valence-electron chi connectivity index (χ3n) is 5.03. The summed E-state index contributed by atoms with van der Waals surface area (Å²) in [7, 11) is 0. The summed E-state index contributed by atoms with van der Waals surface area (Å²) < 4.78 is 28.8. The Morgan fingerprint density at radius 1 is 1.11 bits per heavy atom. The molecule has 0 radical (unpaired) electrons. The minimum atomic E-state index is -0.579. The lowest BCUT2D eigenvalue weighted by Gasteiger charge is -2.36. The second kappa shape index (κ2) is 7.48. The third kappa shape index (κ3) is 3.47. The molecule has 1 aromatic carbocycles. The van der Waals surface area contributed by atoms with E-state index in [1.165, 1.54) is 28.0 Å². The SMILES string of the molecule is CCn1c(=O)[nH]c2cc(CN3CCN(c4ccc(F)cc4F)CC3)sc2c1=O. The van der Waals surface area contributed by atoms with Gasteiger partial charge in [0.1, 0.15) is 16.3 Å². The van der Waals surface area contributed by atoms with E-state index in [1.807, 2.05) is 11.0 Å². The highest BCUT2D eigenvalue weighted by atomic mass is 32.1. The summed E-state index contributed by atoms with van der Waals surface area (Å²) in [5, 5.41) is 0. The maximum absolute atomic E-state index is 14.0. The molecule has 0 saturated carbocycles. The van der Waals surface area contributed by atoms with E-state index in [-0.39, 0.29) is 11.2 Å². The summed E-state index contributed by atoms with van der Waals surface area (Å²) in [6.45, 7) is 5.47. The summed E-state index contributed by atoms with van der Waals surface area (Å²) in [6, 6.07) is 5.50. The molecule has 6 nitrogen and oxygen atoms in total. The van der Waals surface area contributed by atoms with Crippen molar-refractivity contribution in [1.82, 2.24) is 14.5 Å². The van der Waals surface area contributed by atoms with Gasteiger partial charge in [0.05, 0.1) is 11.2 Å².